The van der Waals surface area contributed by atoms with E-state index in [9.17, 15) is 9.59 Å². The van der Waals surface area contributed by atoms with Gasteiger partial charge in [-0.15, -0.1) is 0 Å². The van der Waals surface area contributed by atoms with Crippen molar-refractivity contribution in [1.82, 2.24) is 0 Å². The molecule has 0 spiro atoms. The van der Waals surface area contributed by atoms with Crippen LogP contribution in [0.15, 0.2) is 24.3 Å². The lowest BCUT2D eigenvalue weighted by Crippen LogP contribution is -2.20. The normalized spacial score (nSPS) is 10.8. The average Bonchev–Trinajstić information content (AvgIpc) is 2.39. The second-order valence-corrected chi connectivity index (χ2v) is 4.05. The number of carbonyl (C=O) groups is 2. The molecule has 0 amide bonds. The molecule has 0 heterocycles. The highest BCUT2D eigenvalue weighted by Gasteiger charge is 2.02. The Balaban J connectivity index is 0.000000370. The molecule has 1 unspecified atom stereocenters. The average molecular weight is 284 g/mol. The van der Waals surface area contributed by atoms with E-state index in [0.29, 0.717) is 5.75 Å². The number of hydrogen-bond acceptors (Lipinski definition) is 6. The Morgan fingerprint density at radius 2 is 1.70 bits per heavy atom. The monoisotopic (exact) mass is 284 g/mol. The van der Waals surface area contributed by atoms with Gasteiger partial charge in [-0.3, -0.25) is 9.59 Å². The minimum absolute atomic E-state index is 0.133. The molecule has 1 atom stereocenters. The fourth-order valence-electron chi connectivity index (χ4n) is 1.04. The second-order valence-electron chi connectivity index (χ2n) is 4.05. The number of hydrogen-bond donors (Lipinski definition) is 2. The van der Waals surface area contributed by atoms with Crippen molar-refractivity contribution < 1.29 is 29.3 Å². The van der Waals surface area contributed by atoms with Crippen molar-refractivity contribution >= 4 is 11.9 Å². The summed E-state index contributed by atoms with van der Waals surface area (Å²) in [5, 5.41) is 16.8. The van der Waals surface area contributed by atoms with Gasteiger partial charge in [0.15, 0.2) is 0 Å². The van der Waals surface area contributed by atoms with E-state index in [0.717, 1.165) is 5.56 Å². The van der Waals surface area contributed by atoms with Gasteiger partial charge >= 0.3 is 11.9 Å². The van der Waals surface area contributed by atoms with Crippen molar-refractivity contribution in [1.29, 1.82) is 0 Å². The molecule has 0 aliphatic carbocycles. The molecule has 0 saturated heterocycles. The van der Waals surface area contributed by atoms with E-state index >= 15 is 0 Å². The van der Waals surface area contributed by atoms with Gasteiger partial charge in [0.05, 0.1) is 6.61 Å². The van der Waals surface area contributed by atoms with Gasteiger partial charge in [0.1, 0.15) is 18.5 Å². The van der Waals surface area contributed by atoms with Crippen LogP contribution in [-0.2, 0) is 14.3 Å². The van der Waals surface area contributed by atoms with Crippen molar-refractivity contribution in [3.05, 3.63) is 29.8 Å². The second kappa shape index (κ2) is 9.94. The van der Waals surface area contributed by atoms with E-state index < -0.39 is 12.1 Å². The first-order chi connectivity index (χ1) is 9.35. The Bertz CT molecular complexity index is 412. The van der Waals surface area contributed by atoms with Crippen LogP contribution < -0.4 is 4.74 Å². The predicted molar refractivity (Wildman–Crippen MR) is 72.2 cm³/mol. The van der Waals surface area contributed by atoms with E-state index in [-0.39, 0.29) is 19.2 Å². The van der Waals surface area contributed by atoms with Gasteiger partial charge < -0.3 is 19.7 Å². The lowest BCUT2D eigenvalue weighted by atomic mass is 10.2. The van der Waals surface area contributed by atoms with E-state index in [1.807, 2.05) is 19.1 Å². The fraction of sp³-hybridized carbons (Fsp3) is 0.429. The lowest BCUT2D eigenvalue weighted by Gasteiger charge is -2.05. The van der Waals surface area contributed by atoms with Crippen molar-refractivity contribution in [2.24, 2.45) is 0 Å². The fourth-order valence-corrected chi connectivity index (χ4v) is 1.04. The van der Waals surface area contributed by atoms with Crippen LogP contribution in [0.2, 0.25) is 0 Å². The highest BCUT2D eigenvalue weighted by atomic mass is 16.5. The Hall–Kier alpha value is -1.92. The first-order valence-corrected chi connectivity index (χ1v) is 6.02. The number of carbonyl (C=O) groups excluding carboxylic acids is 2. The summed E-state index contributed by atoms with van der Waals surface area (Å²) in [5.41, 5.74) is 1.15. The molecular weight excluding hydrogens is 264 g/mol. The molecule has 6 heteroatoms. The van der Waals surface area contributed by atoms with Gasteiger partial charge in [0.2, 0.25) is 0 Å². The van der Waals surface area contributed by atoms with Crippen LogP contribution in [0.1, 0.15) is 19.4 Å². The molecule has 0 bridgehead atoms. The highest BCUT2D eigenvalue weighted by molar-refractivity contribution is 5.69. The number of aliphatic hydroxyl groups is 2. The molecule has 6 nitrogen and oxygen atoms in total. The maximum Gasteiger partial charge on any atom is 0.308 e. The summed E-state index contributed by atoms with van der Waals surface area (Å²) in [5.74, 6) is -0.139. The lowest BCUT2D eigenvalue weighted by molar-refractivity contribution is -0.144. The van der Waals surface area contributed by atoms with Crippen LogP contribution in [0.5, 0.6) is 5.75 Å². The van der Waals surface area contributed by atoms with Gasteiger partial charge in [0, 0.05) is 13.8 Å². The van der Waals surface area contributed by atoms with Gasteiger partial charge in [-0.2, -0.15) is 0 Å². The quantitative estimate of drug-likeness (QED) is 0.628. The maximum absolute atomic E-state index is 10.5. The summed E-state index contributed by atoms with van der Waals surface area (Å²) in [6.07, 6.45) is -0.950. The molecule has 0 fully saturated rings. The number of aryl methyl sites for hydroxylation is 1. The summed E-state index contributed by atoms with van der Waals surface area (Å²) >= 11 is 0. The van der Waals surface area contributed by atoms with Crippen molar-refractivity contribution in [2.75, 3.05) is 13.2 Å². The SMILES string of the molecule is CC(=O)OCC(O)CO.CC(=O)Oc1ccc(C)cc1. The van der Waals surface area contributed by atoms with Gasteiger partial charge in [-0.1, -0.05) is 17.7 Å². The van der Waals surface area contributed by atoms with Crippen LogP contribution in [0.4, 0.5) is 0 Å². The first kappa shape index (κ1) is 18.1. The Morgan fingerprint density at radius 3 is 2.10 bits per heavy atom. The zero-order valence-corrected chi connectivity index (χ0v) is 11.8. The molecule has 1 aromatic rings. The molecule has 20 heavy (non-hydrogen) atoms. The van der Waals surface area contributed by atoms with E-state index in [1.165, 1.54) is 13.8 Å². The van der Waals surface area contributed by atoms with Crippen molar-refractivity contribution in [3.8, 4) is 5.75 Å². The highest BCUT2D eigenvalue weighted by Crippen LogP contribution is 2.10. The van der Waals surface area contributed by atoms with Crippen LogP contribution in [0.3, 0.4) is 0 Å². The third-order valence-electron chi connectivity index (χ3n) is 1.97. The summed E-state index contributed by atoms with van der Waals surface area (Å²) in [4.78, 5) is 20.5. The smallest absolute Gasteiger partial charge is 0.308 e. The molecule has 0 saturated carbocycles. The molecule has 1 aromatic carbocycles. The number of aliphatic hydroxyl groups excluding tert-OH is 2. The van der Waals surface area contributed by atoms with Crippen LogP contribution in [-0.4, -0.2) is 41.5 Å². The molecule has 112 valence electrons. The minimum Gasteiger partial charge on any atom is -0.463 e. The largest absolute Gasteiger partial charge is 0.463 e. The van der Waals surface area contributed by atoms with Gasteiger partial charge in [0.25, 0.3) is 0 Å². The molecule has 0 aliphatic heterocycles. The molecule has 0 radical (unpaired) electrons. The molecule has 0 aromatic heterocycles. The Morgan fingerprint density at radius 1 is 1.15 bits per heavy atom. The van der Waals surface area contributed by atoms with Gasteiger partial charge in [-0.25, -0.2) is 0 Å². The van der Waals surface area contributed by atoms with Crippen LogP contribution in [0, 0.1) is 6.92 Å². The van der Waals surface area contributed by atoms with Gasteiger partial charge in [-0.05, 0) is 19.1 Å². The molecule has 2 N–H and O–H groups in total. The molecule has 1 rings (SSSR count). The topological polar surface area (TPSA) is 93.1 Å². The number of ether oxygens (including phenoxy) is 2. The summed E-state index contributed by atoms with van der Waals surface area (Å²) in [6, 6.07) is 7.35. The third-order valence-corrected chi connectivity index (χ3v) is 1.97. The van der Waals surface area contributed by atoms with Crippen LogP contribution in [0.25, 0.3) is 0 Å². The van der Waals surface area contributed by atoms with E-state index in [2.05, 4.69) is 4.74 Å². The summed E-state index contributed by atoms with van der Waals surface area (Å²) in [6.45, 7) is 4.10. The zero-order valence-electron chi connectivity index (χ0n) is 11.8. The number of benzene rings is 1. The Labute approximate surface area is 117 Å². The summed E-state index contributed by atoms with van der Waals surface area (Å²) < 4.78 is 9.18. The third kappa shape index (κ3) is 10.0. The minimum atomic E-state index is -0.950. The van der Waals surface area contributed by atoms with Crippen LogP contribution >= 0.6 is 0 Å². The predicted octanol–water partition coefficient (Wildman–Crippen LogP) is 0.823. The Kier molecular flexibility index (Phi) is 8.98. The van der Waals surface area contributed by atoms with E-state index in [1.54, 1.807) is 12.1 Å². The number of esters is 2. The van der Waals surface area contributed by atoms with Crippen molar-refractivity contribution in [2.45, 2.75) is 26.9 Å². The maximum atomic E-state index is 10.5. The van der Waals surface area contributed by atoms with E-state index in [4.69, 9.17) is 14.9 Å². The standard InChI is InChI=1S/C9H10O2.C5H10O4/c1-7-3-5-9(6-4-7)11-8(2)10;1-4(7)9-3-5(8)2-6/h3-6H,1-2H3;5-6,8H,2-3H2,1H3. The molecule has 0 aliphatic rings. The number of rotatable bonds is 4. The van der Waals surface area contributed by atoms with Crippen molar-refractivity contribution in [3.63, 3.8) is 0 Å². The molecular formula is C14H20O6. The first-order valence-electron chi connectivity index (χ1n) is 6.02. The zero-order chi connectivity index (χ0) is 15.5. The summed E-state index contributed by atoms with van der Waals surface area (Å²) in [7, 11) is 0.